The summed E-state index contributed by atoms with van der Waals surface area (Å²) in [7, 11) is 1.77. The number of methoxy groups -OCH3 is 1. The van der Waals surface area contributed by atoms with Crippen LogP contribution in [0.2, 0.25) is 5.02 Å². The highest BCUT2D eigenvalue weighted by molar-refractivity contribution is 7.92. The van der Waals surface area contributed by atoms with Crippen molar-refractivity contribution in [3.05, 3.63) is 70.2 Å². The number of nitrogens with one attached hydrogen (secondary N) is 1. The molecule has 0 bridgehead atoms. The summed E-state index contributed by atoms with van der Waals surface area (Å²) in [6, 6.07) is 15.7. The molecule has 2 aromatic heterocycles. The maximum absolute atomic E-state index is 13.2. The summed E-state index contributed by atoms with van der Waals surface area (Å²) in [5, 5.41) is 1.12. The van der Waals surface area contributed by atoms with Crippen LogP contribution in [0.1, 0.15) is 10.6 Å². The van der Waals surface area contributed by atoms with E-state index in [-0.39, 0.29) is 4.90 Å². The molecule has 0 saturated carbocycles. The lowest BCUT2D eigenvalue weighted by atomic mass is 10.0. The minimum atomic E-state index is -3.86. The highest BCUT2D eigenvalue weighted by Crippen LogP contribution is 2.43. The van der Waals surface area contributed by atoms with Crippen molar-refractivity contribution in [3.63, 3.8) is 0 Å². The molecule has 1 N–H and O–H groups in total. The lowest BCUT2D eigenvalue weighted by Crippen LogP contribution is -2.13. The second-order valence-corrected chi connectivity index (χ2v) is 11.1. The Bertz CT molecular complexity index is 1430. The van der Waals surface area contributed by atoms with Gasteiger partial charge >= 0.3 is 0 Å². The molecule has 0 spiro atoms. The Morgan fingerprint density at radius 2 is 1.88 bits per heavy atom. The first-order valence-electron chi connectivity index (χ1n) is 10.2. The van der Waals surface area contributed by atoms with E-state index >= 15 is 0 Å². The van der Waals surface area contributed by atoms with Gasteiger partial charge in [0.1, 0.15) is 10.6 Å². The summed E-state index contributed by atoms with van der Waals surface area (Å²) < 4.78 is 34.7. The largest absolute Gasteiger partial charge is 0.497 e. The van der Waals surface area contributed by atoms with Gasteiger partial charge in [0.05, 0.1) is 17.7 Å². The predicted molar refractivity (Wildman–Crippen MR) is 136 cm³/mol. The molecule has 0 aliphatic rings. The topological polar surface area (TPSA) is 71.5 Å². The van der Waals surface area contributed by atoms with E-state index in [0.717, 1.165) is 37.7 Å². The average molecular weight is 502 g/mol. The Kier molecular flexibility index (Phi) is 6.63. The number of fused-ring (bicyclic) bond motifs is 1. The van der Waals surface area contributed by atoms with Crippen LogP contribution in [-0.2, 0) is 16.6 Å². The Morgan fingerprint density at radius 3 is 2.58 bits per heavy atom. The number of anilines is 1. The summed E-state index contributed by atoms with van der Waals surface area (Å²) in [6.07, 6.45) is 0. The first-order valence-corrected chi connectivity index (χ1v) is 12.9. The highest BCUT2D eigenvalue weighted by atomic mass is 35.5. The fourth-order valence-corrected chi connectivity index (χ4v) is 6.41. The van der Waals surface area contributed by atoms with Gasteiger partial charge in [-0.1, -0.05) is 29.8 Å². The normalized spacial score (nSPS) is 11.8. The maximum Gasteiger partial charge on any atom is 0.261 e. The van der Waals surface area contributed by atoms with E-state index in [1.807, 2.05) is 45.3 Å². The zero-order valence-electron chi connectivity index (χ0n) is 18.7. The van der Waals surface area contributed by atoms with Gasteiger partial charge in [0.25, 0.3) is 10.0 Å². The molecule has 9 heteroatoms. The van der Waals surface area contributed by atoms with Crippen LogP contribution in [0.25, 0.3) is 21.3 Å². The minimum absolute atomic E-state index is 0.101. The molecular weight excluding hydrogens is 478 g/mol. The van der Waals surface area contributed by atoms with Crippen LogP contribution in [0.5, 0.6) is 5.75 Å². The lowest BCUT2D eigenvalue weighted by Gasteiger charge is -2.14. The van der Waals surface area contributed by atoms with Crippen LogP contribution in [0, 0.1) is 6.92 Å². The number of nitrogens with zero attached hydrogens (tertiary/aromatic N) is 2. The van der Waals surface area contributed by atoms with Gasteiger partial charge < -0.3 is 9.64 Å². The Labute approximate surface area is 202 Å². The Hall–Kier alpha value is -2.65. The van der Waals surface area contributed by atoms with Crippen LogP contribution >= 0.6 is 22.9 Å². The van der Waals surface area contributed by atoms with Crippen molar-refractivity contribution >= 4 is 48.9 Å². The molecule has 4 rings (SSSR count). The van der Waals surface area contributed by atoms with E-state index in [0.29, 0.717) is 17.3 Å². The molecule has 0 aliphatic heterocycles. The van der Waals surface area contributed by atoms with Crippen molar-refractivity contribution in [2.45, 2.75) is 18.4 Å². The third kappa shape index (κ3) is 4.99. The van der Waals surface area contributed by atoms with Gasteiger partial charge in [0.2, 0.25) is 0 Å². The van der Waals surface area contributed by atoms with Gasteiger partial charge in [-0.15, -0.1) is 11.3 Å². The standard InChI is InChI=1S/C24H24ClN3O3S2/c1-15-11-20(27-33(29,30)19-10-6-8-17(25)13-19)23-22(16-7-5-9-18(12-16)31-4)21(14-28(2)3)32-24(23)26-15/h5-13H,14H2,1-4H3,(H,26,27). The number of halogens is 1. The fourth-order valence-electron chi connectivity index (χ4n) is 3.67. The first kappa shape index (κ1) is 23.5. The number of rotatable bonds is 7. The van der Waals surface area contributed by atoms with Gasteiger partial charge in [-0.2, -0.15) is 0 Å². The molecule has 33 heavy (non-hydrogen) atoms. The number of hydrogen-bond acceptors (Lipinski definition) is 6. The maximum atomic E-state index is 13.2. The van der Waals surface area contributed by atoms with Gasteiger partial charge in [-0.25, -0.2) is 13.4 Å². The van der Waals surface area contributed by atoms with Gasteiger partial charge in [0, 0.05) is 33.1 Å². The molecule has 172 valence electrons. The SMILES string of the molecule is COc1cccc(-c2c(CN(C)C)sc3nc(C)cc(NS(=O)(=O)c4cccc(Cl)c4)c23)c1. The molecule has 0 atom stereocenters. The number of ether oxygens (including phenoxy) is 1. The number of benzene rings is 2. The van der Waals surface area contributed by atoms with E-state index in [9.17, 15) is 8.42 Å². The van der Waals surface area contributed by atoms with Gasteiger partial charge in [0.15, 0.2) is 0 Å². The summed E-state index contributed by atoms with van der Waals surface area (Å²) in [5.74, 6) is 0.726. The number of thiophene rings is 1. The zero-order valence-corrected chi connectivity index (χ0v) is 21.1. The quantitative estimate of drug-likeness (QED) is 0.346. The number of aromatic nitrogens is 1. The minimum Gasteiger partial charge on any atom is -0.497 e. The molecule has 0 fully saturated rings. The fraction of sp³-hybridized carbons (Fsp3) is 0.208. The summed E-state index contributed by atoms with van der Waals surface area (Å²) in [4.78, 5) is 8.76. The van der Waals surface area contributed by atoms with Crippen molar-refractivity contribution in [1.82, 2.24) is 9.88 Å². The number of aryl methyl sites for hydroxylation is 1. The van der Waals surface area contributed by atoms with Crippen LogP contribution in [0.15, 0.2) is 59.5 Å². The average Bonchev–Trinajstić information content (AvgIpc) is 3.10. The summed E-state index contributed by atoms with van der Waals surface area (Å²) >= 11 is 7.61. The van der Waals surface area contributed by atoms with Crippen molar-refractivity contribution < 1.29 is 13.2 Å². The van der Waals surface area contributed by atoms with Crippen molar-refractivity contribution in [3.8, 4) is 16.9 Å². The lowest BCUT2D eigenvalue weighted by molar-refractivity contribution is 0.407. The number of sulfonamides is 1. The number of pyridine rings is 1. The van der Waals surface area contributed by atoms with E-state index < -0.39 is 10.0 Å². The highest BCUT2D eigenvalue weighted by Gasteiger charge is 2.23. The molecular formula is C24H24ClN3O3S2. The van der Waals surface area contributed by atoms with Crippen molar-refractivity contribution in [2.24, 2.45) is 0 Å². The monoisotopic (exact) mass is 501 g/mol. The number of hydrogen-bond donors (Lipinski definition) is 1. The molecule has 6 nitrogen and oxygen atoms in total. The van der Waals surface area contributed by atoms with Crippen molar-refractivity contribution in [1.29, 1.82) is 0 Å². The second kappa shape index (κ2) is 9.30. The zero-order chi connectivity index (χ0) is 23.8. The van der Waals surface area contributed by atoms with Gasteiger partial charge in [-0.05, 0) is 63.0 Å². The van der Waals surface area contributed by atoms with Crippen LogP contribution < -0.4 is 9.46 Å². The molecule has 4 aromatic rings. The smallest absolute Gasteiger partial charge is 0.261 e. The first-order chi connectivity index (χ1) is 15.7. The molecule has 2 aromatic carbocycles. The van der Waals surface area contributed by atoms with E-state index in [4.69, 9.17) is 21.3 Å². The van der Waals surface area contributed by atoms with Crippen LogP contribution in [0.3, 0.4) is 0 Å². The molecule has 0 saturated heterocycles. The summed E-state index contributed by atoms with van der Waals surface area (Å²) in [6.45, 7) is 2.54. The molecule has 2 heterocycles. The third-order valence-corrected chi connectivity index (χ3v) is 7.70. The van der Waals surface area contributed by atoms with Crippen LogP contribution in [-0.4, -0.2) is 39.5 Å². The van der Waals surface area contributed by atoms with Gasteiger partial charge in [-0.3, -0.25) is 4.72 Å². The van der Waals surface area contributed by atoms with E-state index in [2.05, 4.69) is 9.62 Å². The van der Waals surface area contributed by atoms with Crippen molar-refractivity contribution in [2.75, 3.05) is 25.9 Å². The molecule has 0 amide bonds. The summed E-state index contributed by atoms with van der Waals surface area (Å²) in [5.41, 5.74) is 3.09. The second-order valence-electron chi connectivity index (χ2n) is 7.92. The van der Waals surface area contributed by atoms with E-state index in [1.54, 1.807) is 36.6 Å². The van der Waals surface area contributed by atoms with Crippen LogP contribution in [0.4, 0.5) is 5.69 Å². The third-order valence-electron chi connectivity index (χ3n) is 5.03. The molecule has 0 aliphatic carbocycles. The Morgan fingerprint density at radius 1 is 1.12 bits per heavy atom. The predicted octanol–water partition coefficient (Wildman–Crippen LogP) is 5.80. The Balaban J connectivity index is 1.96. The van der Waals surface area contributed by atoms with E-state index in [1.165, 1.54) is 12.1 Å². The molecule has 0 radical (unpaired) electrons. The molecule has 0 unspecified atom stereocenters.